The number of nitriles is 1. The number of aromatic nitrogens is 1. The maximum absolute atomic E-state index is 11.6. The van der Waals surface area contributed by atoms with E-state index in [4.69, 9.17) is 5.26 Å². The number of rotatable bonds is 5. The quantitative estimate of drug-likeness (QED) is 0.912. The van der Waals surface area contributed by atoms with Crippen LogP contribution >= 0.6 is 0 Å². The Hall–Kier alpha value is -1.84. The summed E-state index contributed by atoms with van der Waals surface area (Å²) < 4.78 is 27.6. The van der Waals surface area contributed by atoms with Crippen LogP contribution in [-0.2, 0) is 28.7 Å². The Labute approximate surface area is 118 Å². The lowest BCUT2D eigenvalue weighted by atomic mass is 10.1. The predicted octanol–water partition coefficient (Wildman–Crippen LogP) is 1.78. The van der Waals surface area contributed by atoms with E-state index in [-0.39, 0.29) is 5.75 Å². The largest absolute Gasteiger partial charge is 0.347 e. The number of sulfonamides is 1. The number of hydrogen-bond donors (Lipinski definition) is 1. The molecule has 20 heavy (non-hydrogen) atoms. The summed E-state index contributed by atoms with van der Waals surface area (Å²) in [6.45, 7) is 2.85. The fourth-order valence-corrected chi connectivity index (χ4v) is 3.05. The van der Waals surface area contributed by atoms with Gasteiger partial charge in [-0.05, 0) is 37.2 Å². The Morgan fingerprint density at radius 2 is 2.15 bits per heavy atom. The van der Waals surface area contributed by atoms with Crippen LogP contribution < -0.4 is 4.72 Å². The molecule has 5 nitrogen and oxygen atoms in total. The molecule has 6 heteroatoms. The van der Waals surface area contributed by atoms with E-state index in [1.165, 1.54) is 7.05 Å². The van der Waals surface area contributed by atoms with Gasteiger partial charge in [0.1, 0.15) is 0 Å². The molecule has 0 bridgehead atoms. The maximum atomic E-state index is 11.6. The molecule has 0 spiro atoms. The Balaban J connectivity index is 2.52. The molecule has 2 aromatic rings. The van der Waals surface area contributed by atoms with Crippen molar-refractivity contribution in [1.82, 2.24) is 9.29 Å². The molecule has 1 aromatic heterocycles. The van der Waals surface area contributed by atoms with Gasteiger partial charge in [0, 0.05) is 23.6 Å². The van der Waals surface area contributed by atoms with Crippen LogP contribution in [0.5, 0.6) is 0 Å². The molecule has 0 aliphatic carbocycles. The zero-order valence-electron chi connectivity index (χ0n) is 11.5. The number of hydrogen-bond acceptors (Lipinski definition) is 3. The lowest BCUT2D eigenvalue weighted by Gasteiger charge is -2.05. The van der Waals surface area contributed by atoms with Gasteiger partial charge in [-0.1, -0.05) is 6.07 Å². The first-order valence-electron chi connectivity index (χ1n) is 6.39. The fraction of sp³-hybridized carbons (Fsp3) is 0.357. The molecule has 0 saturated heterocycles. The molecule has 2 rings (SSSR count). The first kappa shape index (κ1) is 14.6. The van der Waals surface area contributed by atoms with Crippen molar-refractivity contribution < 1.29 is 8.42 Å². The van der Waals surface area contributed by atoms with Crippen molar-refractivity contribution in [3.8, 4) is 6.07 Å². The summed E-state index contributed by atoms with van der Waals surface area (Å²) in [5, 5.41) is 9.85. The summed E-state index contributed by atoms with van der Waals surface area (Å²) in [6.07, 6.45) is 2.29. The summed E-state index contributed by atoms with van der Waals surface area (Å²) in [5.41, 5.74) is 2.69. The Bertz CT molecular complexity index is 770. The van der Waals surface area contributed by atoms with Gasteiger partial charge in [0.25, 0.3) is 0 Å². The number of fused-ring (bicyclic) bond motifs is 1. The van der Waals surface area contributed by atoms with Crippen LogP contribution in [-0.4, -0.2) is 20.0 Å². The number of nitrogens with one attached hydrogen (secondary N) is 1. The minimum atomic E-state index is -3.29. The van der Waals surface area contributed by atoms with Crippen LogP contribution in [0.25, 0.3) is 10.9 Å². The average Bonchev–Trinajstić information content (AvgIpc) is 2.76. The minimum absolute atomic E-state index is 0.0528. The minimum Gasteiger partial charge on any atom is -0.347 e. The second-order valence-electron chi connectivity index (χ2n) is 4.59. The Kier molecular flexibility index (Phi) is 4.12. The van der Waals surface area contributed by atoms with Gasteiger partial charge in [-0.25, -0.2) is 13.1 Å². The predicted molar refractivity (Wildman–Crippen MR) is 78.6 cm³/mol. The average molecular weight is 291 g/mol. The third-order valence-electron chi connectivity index (χ3n) is 3.31. The van der Waals surface area contributed by atoms with Gasteiger partial charge in [0.05, 0.1) is 18.2 Å². The van der Waals surface area contributed by atoms with E-state index < -0.39 is 10.0 Å². The second kappa shape index (κ2) is 5.65. The zero-order chi connectivity index (χ0) is 14.8. The van der Waals surface area contributed by atoms with E-state index >= 15 is 0 Å². The van der Waals surface area contributed by atoms with Crippen LogP contribution in [0.3, 0.4) is 0 Å². The summed E-state index contributed by atoms with van der Waals surface area (Å²) in [7, 11) is -1.88. The zero-order valence-corrected chi connectivity index (χ0v) is 12.4. The molecule has 0 aliphatic heterocycles. The molecule has 0 radical (unpaired) electrons. The smallest absolute Gasteiger partial charge is 0.215 e. The standard InChI is InChI=1S/C14H17N3O2S/c1-3-17-9-12(6-7-15)13-8-11(4-5-14(13)17)10-20(18,19)16-2/h4-5,8-9,16H,3,6,10H2,1-2H3. The van der Waals surface area contributed by atoms with Crippen molar-refractivity contribution in [3.05, 3.63) is 35.5 Å². The summed E-state index contributed by atoms with van der Waals surface area (Å²) in [5.74, 6) is -0.0528. The molecule has 1 aromatic carbocycles. The first-order valence-corrected chi connectivity index (χ1v) is 8.04. The maximum Gasteiger partial charge on any atom is 0.215 e. The molecular weight excluding hydrogens is 274 g/mol. The third kappa shape index (κ3) is 2.84. The molecule has 0 saturated carbocycles. The van der Waals surface area contributed by atoms with E-state index in [1.807, 2.05) is 31.3 Å². The van der Waals surface area contributed by atoms with Crippen molar-refractivity contribution in [2.75, 3.05) is 7.05 Å². The molecule has 0 atom stereocenters. The molecule has 0 amide bonds. The highest BCUT2D eigenvalue weighted by Gasteiger charge is 2.12. The van der Waals surface area contributed by atoms with Crippen LogP contribution in [0.4, 0.5) is 0 Å². The van der Waals surface area contributed by atoms with E-state index in [9.17, 15) is 8.42 Å². The highest BCUT2D eigenvalue weighted by Crippen LogP contribution is 2.24. The van der Waals surface area contributed by atoms with Crippen LogP contribution in [0.15, 0.2) is 24.4 Å². The number of nitrogens with zero attached hydrogens (tertiary/aromatic N) is 2. The normalized spacial score (nSPS) is 11.7. The molecule has 1 N–H and O–H groups in total. The van der Waals surface area contributed by atoms with Crippen molar-refractivity contribution in [3.63, 3.8) is 0 Å². The Morgan fingerprint density at radius 1 is 1.40 bits per heavy atom. The highest BCUT2D eigenvalue weighted by molar-refractivity contribution is 7.88. The summed E-state index contributed by atoms with van der Waals surface area (Å²) in [4.78, 5) is 0. The highest BCUT2D eigenvalue weighted by atomic mass is 32.2. The van der Waals surface area contributed by atoms with Crippen molar-refractivity contribution >= 4 is 20.9 Å². The molecule has 0 unspecified atom stereocenters. The topological polar surface area (TPSA) is 74.9 Å². The van der Waals surface area contributed by atoms with Crippen LogP contribution in [0, 0.1) is 11.3 Å². The van der Waals surface area contributed by atoms with E-state index in [0.29, 0.717) is 6.42 Å². The van der Waals surface area contributed by atoms with Gasteiger partial charge >= 0.3 is 0 Å². The van der Waals surface area contributed by atoms with Crippen molar-refractivity contribution in [2.24, 2.45) is 0 Å². The molecule has 1 heterocycles. The summed E-state index contributed by atoms with van der Waals surface area (Å²) in [6, 6.07) is 7.75. The third-order valence-corrected chi connectivity index (χ3v) is 4.64. The Morgan fingerprint density at radius 3 is 2.75 bits per heavy atom. The van der Waals surface area contributed by atoms with Gasteiger partial charge in [-0.15, -0.1) is 0 Å². The molecule has 0 fully saturated rings. The van der Waals surface area contributed by atoms with E-state index in [2.05, 4.69) is 15.4 Å². The molecule has 0 aliphatic rings. The monoisotopic (exact) mass is 291 g/mol. The fourth-order valence-electron chi connectivity index (χ4n) is 2.29. The van der Waals surface area contributed by atoms with Crippen LogP contribution in [0.2, 0.25) is 0 Å². The number of aryl methyl sites for hydroxylation is 1. The van der Waals surface area contributed by atoms with Gasteiger partial charge in [0.15, 0.2) is 0 Å². The number of benzene rings is 1. The van der Waals surface area contributed by atoms with Gasteiger partial charge < -0.3 is 4.57 Å². The summed E-state index contributed by atoms with van der Waals surface area (Å²) >= 11 is 0. The van der Waals surface area contributed by atoms with Crippen molar-refractivity contribution in [2.45, 2.75) is 25.6 Å². The molecular formula is C14H17N3O2S. The first-order chi connectivity index (χ1) is 9.50. The lowest BCUT2D eigenvalue weighted by molar-refractivity contribution is 0.587. The SMILES string of the molecule is CCn1cc(CC#N)c2cc(CS(=O)(=O)NC)ccc21. The second-order valence-corrected chi connectivity index (χ2v) is 6.52. The molecule has 106 valence electrons. The van der Waals surface area contributed by atoms with Gasteiger partial charge in [-0.3, -0.25) is 0 Å². The van der Waals surface area contributed by atoms with Gasteiger partial charge in [0.2, 0.25) is 10.0 Å². The van der Waals surface area contributed by atoms with Gasteiger partial charge in [-0.2, -0.15) is 5.26 Å². The van der Waals surface area contributed by atoms with Crippen LogP contribution in [0.1, 0.15) is 18.1 Å². The van der Waals surface area contributed by atoms with E-state index in [1.54, 1.807) is 0 Å². The lowest BCUT2D eigenvalue weighted by Crippen LogP contribution is -2.20. The van der Waals surface area contributed by atoms with E-state index in [0.717, 1.165) is 28.6 Å². The van der Waals surface area contributed by atoms with Crippen molar-refractivity contribution in [1.29, 1.82) is 5.26 Å².